The number of unbranched alkanes of at least 4 members (excludes halogenated alkanes) is 23. The zero-order valence-electron chi connectivity index (χ0n) is 40.9. The summed E-state index contributed by atoms with van der Waals surface area (Å²) in [6.45, 7) is 7.58. The summed E-state index contributed by atoms with van der Waals surface area (Å²) in [5.41, 5.74) is 0. The molecule has 0 aliphatic rings. The summed E-state index contributed by atoms with van der Waals surface area (Å²) in [5.74, 6) is -0.543. The zero-order chi connectivity index (χ0) is 44.9. The highest BCUT2D eigenvalue weighted by Gasteiger charge is 2.17. The predicted octanol–water partition coefficient (Wildman–Crippen LogP) is 17.7. The Morgan fingerprint density at radius 2 is 0.774 bits per heavy atom. The van der Waals surface area contributed by atoms with Crippen LogP contribution in [-0.4, -0.2) is 37.9 Å². The molecule has 0 aliphatic carbocycles. The number of carbonyl (C=O) groups excluding carboxylic acids is 2. The number of hydrogen-bond acceptors (Lipinski definition) is 5. The van der Waals surface area contributed by atoms with Gasteiger partial charge in [-0.3, -0.25) is 9.59 Å². The first-order chi connectivity index (χ1) is 30.6. The van der Waals surface area contributed by atoms with Crippen molar-refractivity contribution < 1.29 is 23.8 Å². The van der Waals surface area contributed by atoms with Gasteiger partial charge < -0.3 is 14.2 Å². The number of allylic oxidation sites excluding steroid dienone is 13. The summed E-state index contributed by atoms with van der Waals surface area (Å²) in [5, 5.41) is 0. The first kappa shape index (κ1) is 59.1. The van der Waals surface area contributed by atoms with E-state index in [-0.39, 0.29) is 31.6 Å². The molecule has 0 aromatic carbocycles. The Balaban J connectivity index is 4.37. The SMILES string of the molecule is CC/C=C\C/C=C\C/C=C\C/C=C\C/C=C\CC(=O)OCC(COCCCCCCCCCC/C=C\C/C=C\CCCCC)OC(=O)CCCCCCCCCCCCCCC. The molecule has 0 N–H and O–H groups in total. The maximum absolute atomic E-state index is 12.8. The zero-order valence-corrected chi connectivity index (χ0v) is 40.9. The number of rotatable bonds is 47. The van der Waals surface area contributed by atoms with Crippen molar-refractivity contribution in [2.24, 2.45) is 0 Å². The molecule has 0 radical (unpaired) electrons. The lowest BCUT2D eigenvalue weighted by atomic mass is 10.0. The Labute approximate surface area is 384 Å². The van der Waals surface area contributed by atoms with E-state index in [1.54, 1.807) is 0 Å². The first-order valence-corrected chi connectivity index (χ1v) is 26.1. The third-order valence-electron chi connectivity index (χ3n) is 10.9. The van der Waals surface area contributed by atoms with Crippen LogP contribution in [0.25, 0.3) is 0 Å². The van der Waals surface area contributed by atoms with E-state index >= 15 is 0 Å². The van der Waals surface area contributed by atoms with Crippen LogP contribution in [0.15, 0.2) is 85.1 Å². The molecule has 0 fully saturated rings. The van der Waals surface area contributed by atoms with Gasteiger partial charge in [0.15, 0.2) is 6.10 Å². The van der Waals surface area contributed by atoms with Crippen molar-refractivity contribution in [2.75, 3.05) is 19.8 Å². The van der Waals surface area contributed by atoms with Gasteiger partial charge >= 0.3 is 11.9 Å². The van der Waals surface area contributed by atoms with Gasteiger partial charge in [0.05, 0.1) is 13.0 Å². The van der Waals surface area contributed by atoms with Gasteiger partial charge in [-0.25, -0.2) is 0 Å². The van der Waals surface area contributed by atoms with Crippen molar-refractivity contribution in [3.63, 3.8) is 0 Å². The molecule has 0 aliphatic heterocycles. The summed E-state index contributed by atoms with van der Waals surface area (Å²) in [6, 6.07) is 0. The first-order valence-electron chi connectivity index (χ1n) is 26.1. The highest BCUT2D eigenvalue weighted by atomic mass is 16.6. The van der Waals surface area contributed by atoms with E-state index in [1.807, 2.05) is 12.2 Å². The average Bonchev–Trinajstić information content (AvgIpc) is 3.27. The van der Waals surface area contributed by atoms with Crippen LogP contribution >= 0.6 is 0 Å². The summed E-state index contributed by atoms with van der Waals surface area (Å²) in [6.07, 6.45) is 69.0. The van der Waals surface area contributed by atoms with Gasteiger partial charge in [0.1, 0.15) is 6.61 Å². The molecule has 5 nitrogen and oxygen atoms in total. The van der Waals surface area contributed by atoms with Crippen LogP contribution in [0.2, 0.25) is 0 Å². The molecule has 1 atom stereocenters. The molecule has 0 spiro atoms. The van der Waals surface area contributed by atoms with Gasteiger partial charge in [-0.1, -0.05) is 234 Å². The van der Waals surface area contributed by atoms with E-state index in [4.69, 9.17) is 14.2 Å². The summed E-state index contributed by atoms with van der Waals surface area (Å²) in [7, 11) is 0. The molecule has 1 unspecified atom stereocenters. The van der Waals surface area contributed by atoms with E-state index in [1.165, 1.54) is 141 Å². The molecule has 0 rings (SSSR count). The van der Waals surface area contributed by atoms with Crippen LogP contribution in [0.4, 0.5) is 0 Å². The van der Waals surface area contributed by atoms with Gasteiger partial charge in [-0.2, -0.15) is 0 Å². The standard InChI is InChI=1S/C57H98O5/c1-4-7-10-13-16-19-22-25-27-28-29-31-34-37-40-43-46-49-52-60-53-55(62-57(59)51-48-45-42-39-36-32-24-21-18-15-12-9-6-3)54-61-56(58)50-47-44-41-38-35-33-30-26-23-20-17-14-11-8-5-2/h8,11,16-17,19-20,25-27,30,35,38,44,47,55H,4-7,9-10,12-15,18,21-24,28-29,31-34,36-37,39-43,45-46,48-54H2,1-3H3/b11-8-,19-16-,20-17-,27-25-,30-26-,38-35-,47-44-. The van der Waals surface area contributed by atoms with Crippen molar-refractivity contribution in [3.05, 3.63) is 85.1 Å². The molecular formula is C57H98O5. The lowest BCUT2D eigenvalue weighted by molar-refractivity contribution is -0.162. The lowest BCUT2D eigenvalue weighted by Crippen LogP contribution is -2.30. The Kier molecular flexibility index (Phi) is 50.0. The normalized spacial score (nSPS) is 12.9. The van der Waals surface area contributed by atoms with E-state index in [0.29, 0.717) is 13.0 Å². The van der Waals surface area contributed by atoms with Crippen LogP contribution in [0, 0.1) is 0 Å². The fourth-order valence-corrected chi connectivity index (χ4v) is 7.08. The molecule has 5 heteroatoms. The molecule has 0 aromatic rings. The van der Waals surface area contributed by atoms with Gasteiger partial charge in [0.25, 0.3) is 0 Å². The van der Waals surface area contributed by atoms with Gasteiger partial charge in [-0.15, -0.1) is 0 Å². The average molecular weight is 863 g/mol. The van der Waals surface area contributed by atoms with Crippen LogP contribution < -0.4 is 0 Å². The van der Waals surface area contributed by atoms with Crippen molar-refractivity contribution in [2.45, 2.75) is 245 Å². The molecule has 0 heterocycles. The molecular weight excluding hydrogens is 765 g/mol. The maximum Gasteiger partial charge on any atom is 0.309 e. The van der Waals surface area contributed by atoms with E-state index in [0.717, 1.165) is 64.2 Å². The minimum atomic E-state index is -0.580. The fourth-order valence-electron chi connectivity index (χ4n) is 7.08. The monoisotopic (exact) mass is 863 g/mol. The van der Waals surface area contributed by atoms with Crippen LogP contribution in [-0.2, 0) is 23.8 Å². The van der Waals surface area contributed by atoms with E-state index < -0.39 is 6.10 Å². The molecule has 0 saturated heterocycles. The van der Waals surface area contributed by atoms with E-state index in [2.05, 4.69) is 93.7 Å². The molecule has 356 valence electrons. The van der Waals surface area contributed by atoms with Crippen molar-refractivity contribution in [1.82, 2.24) is 0 Å². The van der Waals surface area contributed by atoms with Gasteiger partial charge in [-0.05, 0) is 77.0 Å². The van der Waals surface area contributed by atoms with Gasteiger partial charge in [0, 0.05) is 13.0 Å². The molecule has 0 saturated carbocycles. The largest absolute Gasteiger partial charge is 0.461 e. The minimum Gasteiger partial charge on any atom is -0.461 e. The topological polar surface area (TPSA) is 61.8 Å². The Morgan fingerprint density at radius 1 is 0.387 bits per heavy atom. The van der Waals surface area contributed by atoms with Crippen LogP contribution in [0.3, 0.4) is 0 Å². The third kappa shape index (κ3) is 49.7. The van der Waals surface area contributed by atoms with Gasteiger partial charge in [0.2, 0.25) is 0 Å². The lowest BCUT2D eigenvalue weighted by Gasteiger charge is -2.18. The smallest absolute Gasteiger partial charge is 0.309 e. The maximum atomic E-state index is 12.8. The number of ether oxygens (including phenoxy) is 3. The Morgan fingerprint density at radius 3 is 1.27 bits per heavy atom. The Hall–Kier alpha value is -2.92. The molecule has 0 amide bonds. The third-order valence-corrected chi connectivity index (χ3v) is 10.9. The number of hydrogen-bond donors (Lipinski definition) is 0. The second kappa shape index (κ2) is 52.4. The summed E-state index contributed by atoms with van der Waals surface area (Å²) < 4.78 is 17.3. The second-order valence-electron chi connectivity index (χ2n) is 17.1. The quantitative estimate of drug-likeness (QED) is 0.0346. The predicted molar refractivity (Wildman–Crippen MR) is 270 cm³/mol. The summed E-state index contributed by atoms with van der Waals surface area (Å²) >= 11 is 0. The highest BCUT2D eigenvalue weighted by molar-refractivity contribution is 5.71. The second-order valence-corrected chi connectivity index (χ2v) is 17.1. The van der Waals surface area contributed by atoms with Crippen molar-refractivity contribution in [3.8, 4) is 0 Å². The highest BCUT2D eigenvalue weighted by Crippen LogP contribution is 2.14. The van der Waals surface area contributed by atoms with Crippen LogP contribution in [0.1, 0.15) is 239 Å². The fraction of sp³-hybridized carbons (Fsp3) is 0.719. The van der Waals surface area contributed by atoms with E-state index in [9.17, 15) is 9.59 Å². The molecule has 62 heavy (non-hydrogen) atoms. The van der Waals surface area contributed by atoms with Crippen LogP contribution in [0.5, 0.6) is 0 Å². The molecule has 0 bridgehead atoms. The Bertz CT molecular complexity index is 1160. The number of carbonyl (C=O) groups is 2. The van der Waals surface area contributed by atoms with Crippen molar-refractivity contribution >= 4 is 11.9 Å². The molecule has 0 aromatic heterocycles. The number of esters is 2. The summed E-state index contributed by atoms with van der Waals surface area (Å²) in [4.78, 5) is 25.3. The van der Waals surface area contributed by atoms with Crippen molar-refractivity contribution in [1.29, 1.82) is 0 Å². The minimum absolute atomic E-state index is 0.0276.